The van der Waals surface area contributed by atoms with Crippen LogP contribution in [0.4, 0.5) is 22.0 Å². The first-order chi connectivity index (χ1) is 12.7. The third-order valence-corrected chi connectivity index (χ3v) is 4.19. The van der Waals surface area contributed by atoms with Crippen LogP contribution in [0.3, 0.4) is 0 Å². The smallest absolute Gasteiger partial charge is 0.456 e. The van der Waals surface area contributed by atoms with Crippen molar-refractivity contribution in [1.29, 1.82) is 0 Å². The maximum absolute atomic E-state index is 12.9. The summed E-state index contributed by atoms with van der Waals surface area (Å²) in [5.74, 6) is -4.69. The highest BCUT2D eigenvalue weighted by Crippen LogP contribution is 2.36. The second kappa shape index (κ2) is 7.25. The third kappa shape index (κ3) is 3.94. The number of rotatable bonds is 6. The fraction of sp³-hybridized carbons (Fsp3) is 0.333. The van der Waals surface area contributed by atoms with Gasteiger partial charge in [0.1, 0.15) is 5.03 Å². The summed E-state index contributed by atoms with van der Waals surface area (Å²) in [6.07, 6.45) is -0.225. The van der Waals surface area contributed by atoms with E-state index in [9.17, 15) is 22.0 Å². The van der Waals surface area contributed by atoms with Crippen molar-refractivity contribution in [2.75, 3.05) is 12.4 Å². The van der Waals surface area contributed by atoms with Crippen LogP contribution in [0.15, 0.2) is 35.9 Å². The molecule has 6 nitrogen and oxygen atoms in total. The van der Waals surface area contributed by atoms with Gasteiger partial charge in [0.05, 0.1) is 23.7 Å². The molecule has 0 atom stereocenters. The first-order valence-electron chi connectivity index (χ1n) is 7.59. The van der Waals surface area contributed by atoms with E-state index in [2.05, 4.69) is 24.8 Å². The van der Waals surface area contributed by atoms with Crippen molar-refractivity contribution in [2.24, 2.45) is 0 Å². The van der Waals surface area contributed by atoms with E-state index < -0.39 is 24.6 Å². The van der Waals surface area contributed by atoms with Gasteiger partial charge in [0, 0.05) is 12.4 Å². The lowest BCUT2D eigenvalue weighted by Crippen LogP contribution is -2.41. The van der Waals surface area contributed by atoms with E-state index in [0.29, 0.717) is 21.9 Å². The highest BCUT2D eigenvalue weighted by molar-refractivity contribution is 7.99. The average Bonchev–Trinajstić information content (AvgIpc) is 2.98. The number of aromatic nitrogens is 5. The van der Waals surface area contributed by atoms with Gasteiger partial charge in [-0.2, -0.15) is 27.1 Å². The molecule has 0 amide bonds. The molecule has 0 saturated heterocycles. The van der Waals surface area contributed by atoms with Gasteiger partial charge in [0.2, 0.25) is 5.88 Å². The quantitative estimate of drug-likeness (QED) is 0.458. The summed E-state index contributed by atoms with van der Waals surface area (Å²) in [6, 6.07) is 1.70. The van der Waals surface area contributed by atoms with E-state index in [1.165, 1.54) is 18.0 Å². The molecule has 0 radical (unpaired) electrons. The number of hydrogen-bond donors (Lipinski definition) is 0. The van der Waals surface area contributed by atoms with Crippen LogP contribution in [-0.4, -0.2) is 49.0 Å². The maximum Gasteiger partial charge on any atom is 0.456 e. The van der Waals surface area contributed by atoms with Crippen LogP contribution in [0.25, 0.3) is 16.9 Å². The van der Waals surface area contributed by atoms with Crippen molar-refractivity contribution in [3.63, 3.8) is 0 Å². The second-order valence-corrected chi connectivity index (χ2v) is 6.48. The molecule has 144 valence electrons. The molecule has 3 aromatic heterocycles. The Bertz CT molecular complexity index is 928. The SMILES string of the molecule is CCSc1nn2cccnc2c1-c1cnc(OCC(F)(F)C(F)(F)F)cn1. The number of alkyl halides is 5. The van der Waals surface area contributed by atoms with E-state index in [1.807, 2.05) is 6.92 Å². The van der Waals surface area contributed by atoms with Gasteiger partial charge < -0.3 is 4.74 Å². The molecular weight excluding hydrogens is 393 g/mol. The van der Waals surface area contributed by atoms with Crippen LogP contribution in [0.2, 0.25) is 0 Å². The summed E-state index contributed by atoms with van der Waals surface area (Å²) < 4.78 is 68.3. The Hall–Kier alpha value is -2.50. The molecular formula is C15H12F5N5OS. The van der Waals surface area contributed by atoms with Gasteiger partial charge in [-0.25, -0.2) is 19.5 Å². The molecule has 0 aromatic carbocycles. The van der Waals surface area contributed by atoms with Crippen molar-refractivity contribution in [3.05, 3.63) is 30.9 Å². The number of halogens is 5. The number of fused-ring (bicyclic) bond motifs is 1. The highest BCUT2D eigenvalue weighted by Gasteiger charge is 2.58. The minimum atomic E-state index is -5.70. The molecule has 0 aliphatic rings. The van der Waals surface area contributed by atoms with Gasteiger partial charge in [-0.05, 0) is 11.8 Å². The number of thioether (sulfide) groups is 1. The summed E-state index contributed by atoms with van der Waals surface area (Å²) in [6.45, 7) is 0.0645. The summed E-state index contributed by atoms with van der Waals surface area (Å²) >= 11 is 1.45. The van der Waals surface area contributed by atoms with E-state index >= 15 is 0 Å². The highest BCUT2D eigenvalue weighted by atomic mass is 32.2. The predicted molar refractivity (Wildman–Crippen MR) is 86.9 cm³/mol. The fourth-order valence-corrected chi connectivity index (χ4v) is 2.85. The third-order valence-electron chi connectivity index (χ3n) is 3.34. The normalized spacial score (nSPS) is 12.5. The van der Waals surface area contributed by atoms with Gasteiger partial charge in [-0.3, -0.25) is 0 Å². The molecule has 0 aliphatic carbocycles. The molecule has 0 saturated carbocycles. The molecule has 3 rings (SSSR count). The predicted octanol–water partition coefficient (Wildman–Crippen LogP) is 3.87. The van der Waals surface area contributed by atoms with E-state index in [4.69, 9.17) is 0 Å². The average molecular weight is 405 g/mol. The zero-order chi connectivity index (χ0) is 19.7. The van der Waals surface area contributed by atoms with Crippen LogP contribution in [0, 0.1) is 0 Å². The zero-order valence-electron chi connectivity index (χ0n) is 13.7. The molecule has 0 spiro atoms. The van der Waals surface area contributed by atoms with Crippen molar-refractivity contribution in [2.45, 2.75) is 24.0 Å². The summed E-state index contributed by atoms with van der Waals surface area (Å²) in [4.78, 5) is 12.1. The Morgan fingerprint density at radius 1 is 1.11 bits per heavy atom. The number of nitrogens with zero attached hydrogens (tertiary/aromatic N) is 5. The van der Waals surface area contributed by atoms with Crippen molar-refractivity contribution in [1.82, 2.24) is 24.6 Å². The monoisotopic (exact) mass is 405 g/mol. The molecule has 0 N–H and O–H groups in total. The first-order valence-corrected chi connectivity index (χ1v) is 8.57. The maximum atomic E-state index is 12.9. The zero-order valence-corrected chi connectivity index (χ0v) is 14.6. The van der Waals surface area contributed by atoms with Crippen LogP contribution in [0.5, 0.6) is 5.88 Å². The standard InChI is InChI=1S/C15H12F5N5OS/c1-2-27-13-11(12-21-4-3-5-25(12)24-13)9-6-23-10(7-22-9)26-8-14(16,17)15(18,19)20/h3-7H,2,8H2,1H3. The summed E-state index contributed by atoms with van der Waals surface area (Å²) in [7, 11) is 0. The topological polar surface area (TPSA) is 65.2 Å². The van der Waals surface area contributed by atoms with Gasteiger partial charge in [0.25, 0.3) is 0 Å². The van der Waals surface area contributed by atoms with Gasteiger partial charge in [-0.1, -0.05) is 6.92 Å². The Morgan fingerprint density at radius 2 is 1.89 bits per heavy atom. The molecule has 3 aromatic rings. The lowest BCUT2D eigenvalue weighted by atomic mass is 10.2. The molecule has 12 heteroatoms. The minimum absolute atomic E-state index is 0.342. The van der Waals surface area contributed by atoms with Crippen LogP contribution in [-0.2, 0) is 0 Å². The van der Waals surface area contributed by atoms with Gasteiger partial charge in [-0.15, -0.1) is 11.8 Å². The van der Waals surface area contributed by atoms with Gasteiger partial charge >= 0.3 is 12.1 Å². The number of ether oxygens (including phenoxy) is 1. The fourth-order valence-electron chi connectivity index (χ4n) is 2.09. The molecule has 0 fully saturated rings. The second-order valence-electron chi connectivity index (χ2n) is 5.23. The Labute approximate surface area is 153 Å². The minimum Gasteiger partial charge on any atom is -0.470 e. The van der Waals surface area contributed by atoms with E-state index in [-0.39, 0.29) is 0 Å². The molecule has 0 bridgehead atoms. The van der Waals surface area contributed by atoms with Gasteiger partial charge in [0.15, 0.2) is 12.3 Å². The Balaban J connectivity index is 1.86. The Morgan fingerprint density at radius 3 is 2.52 bits per heavy atom. The van der Waals surface area contributed by atoms with Crippen molar-refractivity contribution >= 4 is 17.4 Å². The van der Waals surface area contributed by atoms with Crippen LogP contribution in [0.1, 0.15) is 6.92 Å². The summed E-state index contributed by atoms with van der Waals surface area (Å²) in [5, 5.41) is 5.03. The molecule has 0 unspecified atom stereocenters. The van der Waals surface area contributed by atoms with E-state index in [0.717, 1.165) is 11.9 Å². The largest absolute Gasteiger partial charge is 0.470 e. The molecule has 3 heterocycles. The van der Waals surface area contributed by atoms with Crippen molar-refractivity contribution < 1.29 is 26.7 Å². The molecule has 27 heavy (non-hydrogen) atoms. The summed E-state index contributed by atoms with van der Waals surface area (Å²) in [5.41, 5.74) is 1.44. The first kappa shape index (κ1) is 19.3. The Kier molecular flexibility index (Phi) is 5.18. The molecule has 0 aliphatic heterocycles. The van der Waals surface area contributed by atoms with Crippen LogP contribution >= 0.6 is 11.8 Å². The lowest BCUT2D eigenvalue weighted by molar-refractivity contribution is -0.290. The number of hydrogen-bond acceptors (Lipinski definition) is 6. The lowest BCUT2D eigenvalue weighted by Gasteiger charge is -2.19. The van der Waals surface area contributed by atoms with Crippen molar-refractivity contribution in [3.8, 4) is 17.1 Å². The van der Waals surface area contributed by atoms with E-state index in [1.54, 1.807) is 23.0 Å². The van der Waals surface area contributed by atoms with Crippen LogP contribution < -0.4 is 4.74 Å².